The van der Waals surface area contributed by atoms with Crippen molar-refractivity contribution in [3.05, 3.63) is 80.0 Å². The quantitative estimate of drug-likeness (QED) is 0.469. The van der Waals surface area contributed by atoms with Crippen LogP contribution in [0.5, 0.6) is 0 Å². The monoisotopic (exact) mass is 475 g/mol. The van der Waals surface area contributed by atoms with E-state index in [-0.39, 0.29) is 34.2 Å². The number of H-pyrrole nitrogens is 2. The van der Waals surface area contributed by atoms with Gasteiger partial charge in [-0.1, -0.05) is 19.9 Å². The molecule has 4 aromatic rings. The highest BCUT2D eigenvalue weighted by atomic mass is 19.1. The van der Waals surface area contributed by atoms with E-state index in [0.29, 0.717) is 31.7 Å². The number of pyridine rings is 1. The molecule has 1 amide bonds. The Bertz CT molecular complexity index is 1630. The average molecular weight is 476 g/mol. The topological polar surface area (TPSA) is 104 Å². The molecule has 1 aromatic carbocycles. The van der Waals surface area contributed by atoms with Gasteiger partial charge in [0.25, 0.3) is 11.5 Å². The van der Waals surface area contributed by atoms with Crippen LogP contribution in [0.2, 0.25) is 0 Å². The molecule has 0 bridgehead atoms. The molecule has 8 nitrogen and oxygen atoms in total. The lowest BCUT2D eigenvalue weighted by Crippen LogP contribution is -2.37. The minimum absolute atomic E-state index is 0.00482. The van der Waals surface area contributed by atoms with Crippen LogP contribution in [0.4, 0.5) is 4.39 Å². The van der Waals surface area contributed by atoms with E-state index in [1.165, 1.54) is 16.7 Å². The molecule has 180 valence electrons. The Hall–Kier alpha value is -4.01. The molecule has 0 unspecified atom stereocenters. The van der Waals surface area contributed by atoms with Crippen LogP contribution in [0.3, 0.4) is 0 Å². The fraction of sp³-hybridized carbons (Fsp3) is 0.308. The van der Waals surface area contributed by atoms with E-state index < -0.39 is 11.2 Å². The Morgan fingerprint density at radius 1 is 1.23 bits per heavy atom. The van der Waals surface area contributed by atoms with Crippen molar-refractivity contribution in [1.82, 2.24) is 24.4 Å². The Morgan fingerprint density at radius 2 is 2.03 bits per heavy atom. The van der Waals surface area contributed by atoms with Gasteiger partial charge < -0.3 is 9.88 Å². The predicted octanol–water partition coefficient (Wildman–Crippen LogP) is 3.78. The van der Waals surface area contributed by atoms with Gasteiger partial charge in [0, 0.05) is 48.0 Å². The van der Waals surface area contributed by atoms with Gasteiger partial charge in [0.15, 0.2) is 5.65 Å². The molecule has 0 saturated heterocycles. The van der Waals surface area contributed by atoms with Crippen LogP contribution < -0.4 is 11.2 Å². The van der Waals surface area contributed by atoms with Gasteiger partial charge in [-0.2, -0.15) is 0 Å². The number of carbonyl (C=O) groups excluding carboxylic acids is 1. The van der Waals surface area contributed by atoms with Crippen molar-refractivity contribution in [3.63, 3.8) is 0 Å². The van der Waals surface area contributed by atoms with Crippen LogP contribution >= 0.6 is 0 Å². The smallest absolute Gasteiger partial charge is 0.329 e. The molecule has 4 heterocycles. The molecule has 0 radical (unpaired) electrons. The van der Waals surface area contributed by atoms with E-state index >= 15 is 0 Å². The van der Waals surface area contributed by atoms with Gasteiger partial charge in [-0.3, -0.25) is 19.1 Å². The Labute approximate surface area is 200 Å². The molecule has 1 aliphatic rings. The fourth-order valence-electron chi connectivity index (χ4n) is 4.68. The van der Waals surface area contributed by atoms with Crippen molar-refractivity contribution >= 4 is 33.4 Å². The minimum Gasteiger partial charge on any atom is -0.360 e. The molecular weight excluding hydrogens is 449 g/mol. The molecular formula is C26H26FN5O3. The predicted molar refractivity (Wildman–Crippen MR) is 133 cm³/mol. The molecule has 0 fully saturated rings. The van der Waals surface area contributed by atoms with Gasteiger partial charge in [0.05, 0.1) is 10.9 Å². The highest BCUT2D eigenvalue weighted by Gasteiger charge is 2.26. The second-order valence-corrected chi connectivity index (χ2v) is 9.07. The van der Waals surface area contributed by atoms with Gasteiger partial charge in [0.1, 0.15) is 5.82 Å². The normalized spacial score (nSPS) is 14.2. The summed E-state index contributed by atoms with van der Waals surface area (Å²) in [5, 5.41) is 1.07. The Kier molecular flexibility index (Phi) is 5.62. The summed E-state index contributed by atoms with van der Waals surface area (Å²) in [5.41, 5.74) is 2.77. The Balaban J connectivity index is 1.54. The molecule has 0 atom stereocenters. The maximum atomic E-state index is 13.6. The summed E-state index contributed by atoms with van der Waals surface area (Å²) in [6.07, 6.45) is 4.47. The summed E-state index contributed by atoms with van der Waals surface area (Å²) in [7, 11) is 0. The number of aromatic amines is 2. The standard InChI is InChI=1S/C26H26FN5O3/c1-4-32-23-22(24(33)30-26(32)35)18(12-20(29-23)14(2)3)25(34)31-9-7-15(8-10-31)19-13-28-21-11-16(27)5-6-17(19)21/h5-7,11-14,28H,4,8-10H2,1-3H3,(H,30,33,35). The van der Waals surface area contributed by atoms with Crippen LogP contribution in [0.25, 0.3) is 27.5 Å². The van der Waals surface area contributed by atoms with Gasteiger partial charge in [0.2, 0.25) is 0 Å². The summed E-state index contributed by atoms with van der Waals surface area (Å²) in [5.74, 6) is -0.568. The molecule has 3 aromatic heterocycles. The third-order valence-corrected chi connectivity index (χ3v) is 6.59. The zero-order chi connectivity index (χ0) is 24.9. The number of hydrogen-bond donors (Lipinski definition) is 2. The lowest BCUT2D eigenvalue weighted by molar-refractivity contribution is 0.0774. The van der Waals surface area contributed by atoms with E-state index in [2.05, 4.69) is 15.0 Å². The number of benzene rings is 1. The molecule has 9 heteroatoms. The molecule has 2 N–H and O–H groups in total. The van der Waals surface area contributed by atoms with Crippen molar-refractivity contribution in [3.8, 4) is 0 Å². The number of rotatable bonds is 4. The van der Waals surface area contributed by atoms with E-state index in [1.54, 1.807) is 24.0 Å². The van der Waals surface area contributed by atoms with Crippen LogP contribution in [0.15, 0.2) is 46.1 Å². The van der Waals surface area contributed by atoms with Crippen molar-refractivity contribution < 1.29 is 9.18 Å². The molecule has 5 rings (SSSR count). The van der Waals surface area contributed by atoms with Crippen LogP contribution in [0.1, 0.15) is 54.7 Å². The third kappa shape index (κ3) is 3.86. The first-order valence-electron chi connectivity index (χ1n) is 11.7. The van der Waals surface area contributed by atoms with Crippen molar-refractivity contribution in [2.24, 2.45) is 0 Å². The van der Waals surface area contributed by atoms with Crippen molar-refractivity contribution in [2.45, 2.75) is 39.7 Å². The second kappa shape index (κ2) is 8.65. The van der Waals surface area contributed by atoms with Gasteiger partial charge >= 0.3 is 5.69 Å². The van der Waals surface area contributed by atoms with Gasteiger partial charge in [-0.05, 0) is 49.1 Å². The average Bonchev–Trinajstić information content (AvgIpc) is 3.26. The highest BCUT2D eigenvalue weighted by Crippen LogP contribution is 2.30. The number of carbonyl (C=O) groups is 1. The van der Waals surface area contributed by atoms with Crippen LogP contribution in [0, 0.1) is 5.82 Å². The number of amides is 1. The van der Waals surface area contributed by atoms with Crippen LogP contribution in [-0.2, 0) is 6.54 Å². The number of aryl methyl sites for hydroxylation is 1. The number of fused-ring (bicyclic) bond motifs is 2. The first-order valence-corrected chi connectivity index (χ1v) is 11.7. The lowest BCUT2D eigenvalue weighted by Gasteiger charge is -2.27. The zero-order valence-corrected chi connectivity index (χ0v) is 19.8. The summed E-state index contributed by atoms with van der Waals surface area (Å²) in [6, 6.07) is 6.33. The number of nitrogens with zero attached hydrogens (tertiary/aromatic N) is 3. The summed E-state index contributed by atoms with van der Waals surface area (Å²) in [4.78, 5) is 50.5. The number of nitrogens with one attached hydrogen (secondary N) is 2. The third-order valence-electron chi connectivity index (χ3n) is 6.59. The second-order valence-electron chi connectivity index (χ2n) is 9.07. The van der Waals surface area contributed by atoms with Crippen molar-refractivity contribution in [1.29, 1.82) is 0 Å². The summed E-state index contributed by atoms with van der Waals surface area (Å²) >= 11 is 0. The van der Waals surface area contributed by atoms with E-state index in [4.69, 9.17) is 0 Å². The summed E-state index contributed by atoms with van der Waals surface area (Å²) in [6.45, 7) is 6.85. The van der Waals surface area contributed by atoms with Gasteiger partial charge in [-0.15, -0.1) is 0 Å². The molecule has 0 saturated carbocycles. The maximum absolute atomic E-state index is 13.6. The SMILES string of the molecule is CCn1c(=O)[nH]c(=O)c2c(C(=O)N3CC=C(c4c[nH]c5cc(F)ccc45)CC3)cc(C(C)C)nc21. The number of aromatic nitrogens is 4. The molecule has 1 aliphatic heterocycles. The highest BCUT2D eigenvalue weighted by molar-refractivity contribution is 6.05. The van der Waals surface area contributed by atoms with E-state index in [0.717, 1.165) is 22.0 Å². The number of halogens is 1. The van der Waals surface area contributed by atoms with E-state index in [1.807, 2.05) is 26.1 Å². The number of hydrogen-bond acceptors (Lipinski definition) is 4. The molecule has 0 spiro atoms. The van der Waals surface area contributed by atoms with Gasteiger partial charge in [-0.25, -0.2) is 14.2 Å². The molecule has 0 aliphatic carbocycles. The first kappa shape index (κ1) is 22.8. The van der Waals surface area contributed by atoms with Crippen LogP contribution in [-0.4, -0.2) is 43.4 Å². The Morgan fingerprint density at radius 3 is 2.71 bits per heavy atom. The first-order chi connectivity index (χ1) is 16.8. The fourth-order valence-corrected chi connectivity index (χ4v) is 4.68. The minimum atomic E-state index is -0.611. The molecule has 35 heavy (non-hydrogen) atoms. The zero-order valence-electron chi connectivity index (χ0n) is 19.8. The maximum Gasteiger partial charge on any atom is 0.329 e. The lowest BCUT2D eigenvalue weighted by atomic mass is 9.98. The van der Waals surface area contributed by atoms with E-state index in [9.17, 15) is 18.8 Å². The van der Waals surface area contributed by atoms with Crippen molar-refractivity contribution in [2.75, 3.05) is 13.1 Å². The largest absolute Gasteiger partial charge is 0.360 e. The summed E-state index contributed by atoms with van der Waals surface area (Å²) < 4.78 is 14.9.